The summed E-state index contributed by atoms with van der Waals surface area (Å²) in [5, 5.41) is 3.82. The Kier molecular flexibility index (Phi) is 2.91. The lowest BCUT2D eigenvalue weighted by Gasteiger charge is -2.32. The molecule has 3 nitrogen and oxygen atoms in total. The Morgan fingerprint density at radius 3 is 3.05 bits per heavy atom. The van der Waals surface area contributed by atoms with Gasteiger partial charge in [0.15, 0.2) is 0 Å². The molecular formula is C16H25N3. The Balaban J connectivity index is 1.40. The van der Waals surface area contributed by atoms with Gasteiger partial charge < -0.3 is 9.88 Å². The maximum Gasteiger partial charge on any atom is 0.122 e. The first-order valence-electron chi connectivity index (χ1n) is 8.10. The Morgan fingerprint density at radius 1 is 1.26 bits per heavy atom. The predicted octanol–water partition coefficient (Wildman–Crippen LogP) is 2.82. The first kappa shape index (κ1) is 12.0. The zero-order valence-corrected chi connectivity index (χ0v) is 11.9. The maximum absolute atomic E-state index is 4.48. The molecule has 1 heterocycles. The van der Waals surface area contributed by atoms with E-state index in [-0.39, 0.29) is 0 Å². The second-order valence-electron chi connectivity index (χ2n) is 6.77. The molecule has 0 amide bonds. The molecule has 2 bridgehead atoms. The van der Waals surface area contributed by atoms with Crippen molar-refractivity contribution in [2.75, 3.05) is 0 Å². The predicted molar refractivity (Wildman–Crippen MR) is 75.6 cm³/mol. The summed E-state index contributed by atoms with van der Waals surface area (Å²) in [5.74, 6) is 5.37. The van der Waals surface area contributed by atoms with Crippen LogP contribution in [0.25, 0.3) is 0 Å². The van der Waals surface area contributed by atoms with Gasteiger partial charge in [0.05, 0.1) is 6.54 Å². The summed E-state index contributed by atoms with van der Waals surface area (Å²) in [4.78, 5) is 4.48. The first-order valence-corrected chi connectivity index (χ1v) is 8.10. The van der Waals surface area contributed by atoms with E-state index in [0.29, 0.717) is 0 Å². The molecule has 3 aliphatic carbocycles. The van der Waals surface area contributed by atoms with E-state index in [1.54, 1.807) is 0 Å². The quantitative estimate of drug-likeness (QED) is 0.901. The third-order valence-corrected chi connectivity index (χ3v) is 6.09. The van der Waals surface area contributed by atoms with Gasteiger partial charge in [0.2, 0.25) is 0 Å². The molecule has 4 rings (SSSR count). The summed E-state index contributed by atoms with van der Waals surface area (Å²) in [5.41, 5.74) is 0. The van der Waals surface area contributed by atoms with Crippen LogP contribution in [0.3, 0.4) is 0 Å². The topological polar surface area (TPSA) is 29.9 Å². The summed E-state index contributed by atoms with van der Waals surface area (Å²) < 4.78 is 2.25. The Labute approximate surface area is 115 Å². The zero-order valence-electron chi connectivity index (χ0n) is 11.9. The van der Waals surface area contributed by atoms with Crippen molar-refractivity contribution in [1.29, 1.82) is 0 Å². The van der Waals surface area contributed by atoms with Crippen molar-refractivity contribution in [2.24, 2.45) is 23.7 Å². The number of nitrogens with zero attached hydrogens (tertiary/aromatic N) is 2. The summed E-state index contributed by atoms with van der Waals surface area (Å²) in [6.45, 7) is 4.16. The third kappa shape index (κ3) is 1.85. The number of nitrogens with one attached hydrogen (secondary N) is 1. The van der Waals surface area contributed by atoms with Crippen molar-refractivity contribution in [3.05, 3.63) is 18.2 Å². The molecule has 0 saturated heterocycles. The fourth-order valence-corrected chi connectivity index (χ4v) is 5.32. The van der Waals surface area contributed by atoms with Gasteiger partial charge >= 0.3 is 0 Å². The molecule has 5 unspecified atom stereocenters. The van der Waals surface area contributed by atoms with E-state index in [2.05, 4.69) is 28.0 Å². The van der Waals surface area contributed by atoms with Crippen LogP contribution in [0.1, 0.15) is 44.9 Å². The number of imidazole rings is 1. The van der Waals surface area contributed by atoms with Gasteiger partial charge in [0.25, 0.3) is 0 Å². The first-order chi connectivity index (χ1) is 9.36. The Bertz CT molecular complexity index is 453. The molecule has 0 aromatic carbocycles. The Morgan fingerprint density at radius 2 is 2.16 bits per heavy atom. The number of hydrogen-bond donors (Lipinski definition) is 1. The molecule has 19 heavy (non-hydrogen) atoms. The van der Waals surface area contributed by atoms with E-state index in [4.69, 9.17) is 0 Å². The standard InChI is InChI=1S/C16H25N3/c1-2-19-7-6-17-16(19)10-18-15-9-11-8-14(15)13-5-3-4-12(11)13/h6-7,11-15,18H,2-5,8-10H2,1H3. The minimum Gasteiger partial charge on any atom is -0.334 e. The number of fused-ring (bicyclic) bond motifs is 5. The largest absolute Gasteiger partial charge is 0.334 e. The number of rotatable bonds is 4. The van der Waals surface area contributed by atoms with Gasteiger partial charge in [0.1, 0.15) is 5.82 Å². The van der Waals surface area contributed by atoms with Gasteiger partial charge in [-0.05, 0) is 56.3 Å². The molecule has 3 aliphatic rings. The highest BCUT2D eigenvalue weighted by atomic mass is 15.1. The van der Waals surface area contributed by atoms with Crippen molar-refractivity contribution < 1.29 is 0 Å². The van der Waals surface area contributed by atoms with Gasteiger partial charge in [-0.25, -0.2) is 4.98 Å². The molecule has 1 aromatic rings. The van der Waals surface area contributed by atoms with Crippen LogP contribution in [0.4, 0.5) is 0 Å². The van der Waals surface area contributed by atoms with Gasteiger partial charge in [-0.2, -0.15) is 0 Å². The monoisotopic (exact) mass is 259 g/mol. The number of aromatic nitrogens is 2. The van der Waals surface area contributed by atoms with Crippen LogP contribution in [0.5, 0.6) is 0 Å². The summed E-state index contributed by atoms with van der Waals surface area (Å²) >= 11 is 0. The van der Waals surface area contributed by atoms with Crippen molar-refractivity contribution in [3.63, 3.8) is 0 Å². The van der Waals surface area contributed by atoms with E-state index < -0.39 is 0 Å². The second-order valence-corrected chi connectivity index (χ2v) is 6.77. The molecule has 104 valence electrons. The average Bonchev–Trinajstić information content (AvgIpc) is 3.16. The molecule has 0 spiro atoms. The van der Waals surface area contributed by atoms with Gasteiger partial charge in [-0.3, -0.25) is 0 Å². The second kappa shape index (κ2) is 4.62. The Hall–Kier alpha value is -0.830. The lowest BCUT2D eigenvalue weighted by Crippen LogP contribution is -2.39. The van der Waals surface area contributed by atoms with Crippen molar-refractivity contribution in [1.82, 2.24) is 14.9 Å². The fourth-order valence-electron chi connectivity index (χ4n) is 5.32. The number of hydrogen-bond acceptors (Lipinski definition) is 2. The number of aryl methyl sites for hydroxylation is 1. The molecule has 1 N–H and O–H groups in total. The van der Waals surface area contributed by atoms with Crippen LogP contribution in [-0.4, -0.2) is 15.6 Å². The van der Waals surface area contributed by atoms with Crippen molar-refractivity contribution in [3.8, 4) is 0 Å². The van der Waals surface area contributed by atoms with Crippen LogP contribution >= 0.6 is 0 Å². The highest BCUT2D eigenvalue weighted by Gasteiger charge is 2.53. The van der Waals surface area contributed by atoms with Crippen LogP contribution in [0.2, 0.25) is 0 Å². The smallest absolute Gasteiger partial charge is 0.122 e. The van der Waals surface area contributed by atoms with E-state index in [0.717, 1.165) is 42.8 Å². The maximum atomic E-state index is 4.48. The fraction of sp³-hybridized carbons (Fsp3) is 0.812. The molecular weight excluding hydrogens is 234 g/mol. The van der Waals surface area contributed by atoms with E-state index in [9.17, 15) is 0 Å². The van der Waals surface area contributed by atoms with Crippen molar-refractivity contribution in [2.45, 2.75) is 58.2 Å². The lowest BCUT2D eigenvalue weighted by atomic mass is 9.79. The highest BCUT2D eigenvalue weighted by molar-refractivity contribution is 5.06. The van der Waals surface area contributed by atoms with Crippen LogP contribution in [0, 0.1) is 23.7 Å². The van der Waals surface area contributed by atoms with E-state index in [1.165, 1.54) is 37.9 Å². The van der Waals surface area contributed by atoms with Crippen LogP contribution in [0.15, 0.2) is 12.4 Å². The van der Waals surface area contributed by atoms with Gasteiger partial charge in [-0.1, -0.05) is 6.42 Å². The lowest BCUT2D eigenvalue weighted by molar-refractivity contribution is 0.207. The SMILES string of the molecule is CCn1ccnc1CNC1CC2CC1C1CCCC21. The summed E-state index contributed by atoms with van der Waals surface area (Å²) in [6.07, 6.45) is 11.5. The van der Waals surface area contributed by atoms with Crippen LogP contribution in [-0.2, 0) is 13.1 Å². The van der Waals surface area contributed by atoms with E-state index >= 15 is 0 Å². The minimum atomic E-state index is 0.770. The normalized spacial score (nSPS) is 39.9. The molecule has 0 radical (unpaired) electrons. The molecule has 5 atom stereocenters. The zero-order chi connectivity index (χ0) is 12.8. The summed E-state index contributed by atoms with van der Waals surface area (Å²) in [6, 6.07) is 0.770. The summed E-state index contributed by atoms with van der Waals surface area (Å²) in [7, 11) is 0. The van der Waals surface area contributed by atoms with Crippen LogP contribution < -0.4 is 5.32 Å². The molecule has 3 saturated carbocycles. The average molecular weight is 259 g/mol. The minimum absolute atomic E-state index is 0.770. The van der Waals surface area contributed by atoms with Crippen molar-refractivity contribution >= 4 is 0 Å². The molecule has 3 heteroatoms. The third-order valence-electron chi connectivity index (χ3n) is 6.09. The van der Waals surface area contributed by atoms with Gasteiger partial charge in [-0.15, -0.1) is 0 Å². The highest BCUT2D eigenvalue weighted by Crippen LogP contribution is 2.58. The van der Waals surface area contributed by atoms with E-state index in [1.807, 2.05) is 6.20 Å². The van der Waals surface area contributed by atoms with Gasteiger partial charge in [0, 0.05) is 25.0 Å². The molecule has 3 fully saturated rings. The molecule has 0 aliphatic heterocycles. The molecule has 1 aromatic heterocycles.